The van der Waals surface area contributed by atoms with Crippen molar-refractivity contribution in [1.29, 1.82) is 0 Å². The predicted octanol–water partition coefficient (Wildman–Crippen LogP) is 1.32. The van der Waals surface area contributed by atoms with E-state index in [4.69, 9.17) is 0 Å². The maximum atomic E-state index is 4.06. The van der Waals surface area contributed by atoms with E-state index in [9.17, 15) is 0 Å². The molecule has 0 aliphatic carbocycles. The Morgan fingerprint density at radius 1 is 1.62 bits per heavy atom. The molecule has 1 atom stereocenters. The molecule has 0 saturated carbocycles. The maximum Gasteiger partial charge on any atom is 0.0535 e. The van der Waals surface area contributed by atoms with Crippen molar-refractivity contribution in [3.63, 3.8) is 0 Å². The molecule has 0 bridgehead atoms. The highest BCUT2D eigenvalue weighted by atomic mass is 35.5. The minimum Gasteiger partial charge on any atom is -0.316 e. The Hall–Kier alpha value is -0.580. The summed E-state index contributed by atoms with van der Waals surface area (Å²) in [6.07, 6.45) is 4.54. The molecule has 16 heavy (non-hydrogen) atoms. The molecule has 0 spiro atoms. The van der Waals surface area contributed by atoms with E-state index in [1.165, 1.54) is 30.6 Å². The van der Waals surface area contributed by atoms with Gasteiger partial charge in [0.05, 0.1) is 6.20 Å². The second-order valence-corrected chi connectivity index (χ2v) is 4.38. The van der Waals surface area contributed by atoms with Crippen molar-refractivity contribution in [2.75, 3.05) is 20.1 Å². The Kier molecular flexibility index (Phi) is 5.25. The van der Waals surface area contributed by atoms with Crippen molar-refractivity contribution in [2.24, 2.45) is 0 Å². The molecule has 4 nitrogen and oxygen atoms in total. The molecule has 1 unspecified atom stereocenters. The first-order valence-corrected chi connectivity index (χ1v) is 5.68. The van der Waals surface area contributed by atoms with Gasteiger partial charge in [-0.2, -0.15) is 5.10 Å². The fourth-order valence-electron chi connectivity index (χ4n) is 2.21. The van der Waals surface area contributed by atoms with Gasteiger partial charge in [0.2, 0.25) is 0 Å². The molecular weight excluding hydrogens is 224 g/mol. The molecule has 92 valence electrons. The van der Waals surface area contributed by atoms with E-state index in [0.29, 0.717) is 6.04 Å². The third kappa shape index (κ3) is 3.20. The number of halogens is 1. The molecule has 0 amide bonds. The smallest absolute Gasteiger partial charge is 0.0535 e. The third-order valence-electron chi connectivity index (χ3n) is 3.24. The Bertz CT molecular complexity index is 313. The van der Waals surface area contributed by atoms with Crippen LogP contribution < -0.4 is 5.32 Å². The maximum absolute atomic E-state index is 4.06. The van der Waals surface area contributed by atoms with Gasteiger partial charge in [-0.1, -0.05) is 0 Å². The highest BCUT2D eigenvalue weighted by Gasteiger charge is 2.18. The average molecular weight is 245 g/mol. The second kappa shape index (κ2) is 6.23. The molecule has 2 N–H and O–H groups in total. The standard InChI is InChI=1S/C11H20N4.ClH/c1-9-10(6-13-14-9)7-15-5-3-4-11(8-15)12-2;/h6,11-12H,3-5,7-8H2,1-2H3,(H,13,14);1H. The lowest BCUT2D eigenvalue weighted by molar-refractivity contribution is 0.187. The molecule has 1 aliphatic heterocycles. The lowest BCUT2D eigenvalue weighted by Crippen LogP contribution is -2.43. The number of rotatable bonds is 3. The summed E-state index contributed by atoms with van der Waals surface area (Å²) < 4.78 is 0. The predicted molar refractivity (Wildman–Crippen MR) is 67.9 cm³/mol. The van der Waals surface area contributed by atoms with E-state index in [0.717, 1.165) is 13.1 Å². The zero-order chi connectivity index (χ0) is 10.7. The highest BCUT2D eigenvalue weighted by molar-refractivity contribution is 5.85. The SMILES string of the molecule is CNC1CCCN(Cc2cn[nH]c2C)C1.Cl. The third-order valence-corrected chi connectivity index (χ3v) is 3.24. The number of piperidine rings is 1. The molecule has 0 aromatic carbocycles. The number of aromatic nitrogens is 2. The van der Waals surface area contributed by atoms with Crippen LogP contribution in [0.5, 0.6) is 0 Å². The Balaban J connectivity index is 0.00000128. The van der Waals surface area contributed by atoms with Gasteiger partial charge in [0, 0.05) is 30.4 Å². The molecular formula is C11H21ClN4. The summed E-state index contributed by atoms with van der Waals surface area (Å²) in [5, 5.41) is 10.4. The van der Waals surface area contributed by atoms with Crippen LogP contribution in [0.2, 0.25) is 0 Å². The van der Waals surface area contributed by atoms with E-state index in [1.807, 2.05) is 6.20 Å². The summed E-state index contributed by atoms with van der Waals surface area (Å²) >= 11 is 0. The first kappa shape index (κ1) is 13.5. The van der Waals surface area contributed by atoms with Crippen molar-refractivity contribution in [3.05, 3.63) is 17.5 Å². The Morgan fingerprint density at radius 2 is 2.44 bits per heavy atom. The summed E-state index contributed by atoms with van der Waals surface area (Å²) in [6.45, 7) is 5.48. The molecule has 1 aromatic heterocycles. The van der Waals surface area contributed by atoms with Gasteiger partial charge in [-0.05, 0) is 33.4 Å². The van der Waals surface area contributed by atoms with Crippen LogP contribution >= 0.6 is 12.4 Å². The van der Waals surface area contributed by atoms with Crippen molar-refractivity contribution < 1.29 is 0 Å². The molecule has 1 fully saturated rings. The van der Waals surface area contributed by atoms with E-state index in [2.05, 4.69) is 34.4 Å². The van der Waals surface area contributed by atoms with Gasteiger partial charge in [-0.25, -0.2) is 0 Å². The summed E-state index contributed by atoms with van der Waals surface area (Å²) in [5.74, 6) is 0. The Morgan fingerprint density at radius 3 is 3.06 bits per heavy atom. The fraction of sp³-hybridized carbons (Fsp3) is 0.727. The van der Waals surface area contributed by atoms with Crippen LogP contribution in [-0.2, 0) is 6.54 Å². The van der Waals surface area contributed by atoms with Crippen LogP contribution in [0.3, 0.4) is 0 Å². The van der Waals surface area contributed by atoms with E-state index in [1.54, 1.807) is 0 Å². The van der Waals surface area contributed by atoms with Gasteiger partial charge in [-0.3, -0.25) is 10.00 Å². The summed E-state index contributed by atoms with van der Waals surface area (Å²) in [6, 6.07) is 0.658. The van der Waals surface area contributed by atoms with Crippen LogP contribution in [-0.4, -0.2) is 41.3 Å². The largest absolute Gasteiger partial charge is 0.316 e. The van der Waals surface area contributed by atoms with Crippen molar-refractivity contribution >= 4 is 12.4 Å². The van der Waals surface area contributed by atoms with Gasteiger partial charge < -0.3 is 5.32 Å². The molecule has 1 aliphatic rings. The number of H-pyrrole nitrogens is 1. The lowest BCUT2D eigenvalue weighted by atomic mass is 10.1. The van der Waals surface area contributed by atoms with Crippen LogP contribution in [0.1, 0.15) is 24.1 Å². The molecule has 0 radical (unpaired) electrons. The van der Waals surface area contributed by atoms with Gasteiger partial charge in [0.15, 0.2) is 0 Å². The zero-order valence-electron chi connectivity index (χ0n) is 9.99. The number of nitrogens with zero attached hydrogens (tertiary/aromatic N) is 2. The number of aryl methyl sites for hydroxylation is 1. The number of likely N-dealkylation sites (tertiary alicyclic amines) is 1. The number of likely N-dealkylation sites (N-methyl/N-ethyl adjacent to an activating group) is 1. The minimum absolute atomic E-state index is 0. The van der Waals surface area contributed by atoms with Gasteiger partial charge in [0.25, 0.3) is 0 Å². The topological polar surface area (TPSA) is 44.0 Å². The van der Waals surface area contributed by atoms with E-state index in [-0.39, 0.29) is 12.4 Å². The summed E-state index contributed by atoms with van der Waals surface area (Å²) in [5.41, 5.74) is 2.52. The minimum atomic E-state index is 0. The van der Waals surface area contributed by atoms with Crippen molar-refractivity contribution in [1.82, 2.24) is 20.4 Å². The fourth-order valence-corrected chi connectivity index (χ4v) is 2.21. The highest BCUT2D eigenvalue weighted by Crippen LogP contribution is 2.14. The van der Waals surface area contributed by atoms with Gasteiger partial charge >= 0.3 is 0 Å². The monoisotopic (exact) mass is 244 g/mol. The second-order valence-electron chi connectivity index (χ2n) is 4.38. The van der Waals surface area contributed by atoms with Gasteiger partial charge in [0.1, 0.15) is 0 Å². The van der Waals surface area contributed by atoms with Crippen LogP contribution in [0.15, 0.2) is 6.20 Å². The normalized spacial score (nSPS) is 21.8. The molecule has 1 saturated heterocycles. The van der Waals surface area contributed by atoms with Crippen LogP contribution in [0.4, 0.5) is 0 Å². The average Bonchev–Trinajstić information content (AvgIpc) is 2.65. The number of aromatic amines is 1. The summed E-state index contributed by atoms with van der Waals surface area (Å²) in [7, 11) is 2.05. The lowest BCUT2D eigenvalue weighted by Gasteiger charge is -2.32. The van der Waals surface area contributed by atoms with Gasteiger partial charge in [-0.15, -0.1) is 12.4 Å². The molecule has 2 heterocycles. The first-order chi connectivity index (χ1) is 7.29. The van der Waals surface area contributed by atoms with E-state index >= 15 is 0 Å². The Labute approximate surface area is 103 Å². The summed E-state index contributed by atoms with van der Waals surface area (Å²) in [4.78, 5) is 2.50. The molecule has 5 heteroatoms. The quantitative estimate of drug-likeness (QED) is 0.843. The number of hydrogen-bond donors (Lipinski definition) is 2. The molecule has 2 rings (SSSR count). The van der Waals surface area contributed by atoms with Crippen molar-refractivity contribution in [2.45, 2.75) is 32.4 Å². The first-order valence-electron chi connectivity index (χ1n) is 5.68. The molecule has 1 aromatic rings. The van der Waals surface area contributed by atoms with E-state index < -0.39 is 0 Å². The number of hydrogen-bond acceptors (Lipinski definition) is 3. The van der Waals surface area contributed by atoms with Crippen LogP contribution in [0.25, 0.3) is 0 Å². The zero-order valence-corrected chi connectivity index (χ0v) is 10.8. The van der Waals surface area contributed by atoms with Crippen molar-refractivity contribution in [3.8, 4) is 0 Å². The van der Waals surface area contributed by atoms with Crippen LogP contribution in [0, 0.1) is 6.92 Å². The number of nitrogens with one attached hydrogen (secondary N) is 2.